The third kappa shape index (κ3) is 5.59. The van der Waals surface area contributed by atoms with Gasteiger partial charge in [0.1, 0.15) is 0 Å². The molecule has 3 aromatic rings. The summed E-state index contributed by atoms with van der Waals surface area (Å²) in [6.07, 6.45) is 3.94. The van der Waals surface area contributed by atoms with Crippen molar-refractivity contribution in [3.8, 4) is 28.7 Å². The summed E-state index contributed by atoms with van der Waals surface area (Å²) in [6, 6.07) is 15.2. The topological polar surface area (TPSA) is 84.2 Å². The summed E-state index contributed by atoms with van der Waals surface area (Å²) in [5.41, 5.74) is 9.08. The molecule has 0 radical (unpaired) electrons. The van der Waals surface area contributed by atoms with Crippen molar-refractivity contribution in [2.75, 3.05) is 46.0 Å². The Bertz CT molecular complexity index is 1090. The zero-order valence-corrected chi connectivity index (χ0v) is 20.1. The maximum atomic E-state index is 5.79. The molecule has 33 heavy (non-hydrogen) atoms. The van der Waals surface area contributed by atoms with E-state index in [0.29, 0.717) is 34.4 Å². The molecule has 3 rings (SSSR count). The third-order valence-corrected chi connectivity index (χ3v) is 5.69. The third-order valence-electron chi connectivity index (χ3n) is 4.87. The van der Waals surface area contributed by atoms with Gasteiger partial charge in [-0.3, -0.25) is 0 Å². The molecule has 3 aromatic carbocycles. The SMILES string of the molecule is COc1cc(/C=C\c2ccc(OC)c(OC)c2NSc2ccc(N)cc2)cc(OC)c1OC. The summed E-state index contributed by atoms with van der Waals surface area (Å²) >= 11 is 1.45. The molecule has 0 aliphatic heterocycles. The summed E-state index contributed by atoms with van der Waals surface area (Å²) in [6.45, 7) is 0. The van der Waals surface area contributed by atoms with Gasteiger partial charge in [0.2, 0.25) is 5.75 Å². The van der Waals surface area contributed by atoms with Gasteiger partial charge in [-0.15, -0.1) is 0 Å². The minimum absolute atomic E-state index is 0.547. The van der Waals surface area contributed by atoms with Crippen molar-refractivity contribution in [1.29, 1.82) is 0 Å². The van der Waals surface area contributed by atoms with Gasteiger partial charge < -0.3 is 34.1 Å². The molecule has 0 atom stereocenters. The molecule has 0 unspecified atom stereocenters. The summed E-state index contributed by atoms with van der Waals surface area (Å²) in [7, 11) is 7.99. The highest BCUT2D eigenvalue weighted by Gasteiger charge is 2.15. The van der Waals surface area contributed by atoms with Gasteiger partial charge in [0.25, 0.3) is 0 Å². The van der Waals surface area contributed by atoms with E-state index in [9.17, 15) is 0 Å². The number of nitrogens with two attached hydrogens (primary N) is 1. The van der Waals surface area contributed by atoms with Gasteiger partial charge in [-0.05, 0) is 66.0 Å². The molecule has 0 fully saturated rings. The van der Waals surface area contributed by atoms with E-state index in [0.717, 1.165) is 21.7 Å². The molecule has 0 aliphatic rings. The van der Waals surface area contributed by atoms with Gasteiger partial charge in [0.05, 0.1) is 41.2 Å². The number of hydrogen-bond acceptors (Lipinski definition) is 8. The van der Waals surface area contributed by atoms with Crippen LogP contribution in [0.3, 0.4) is 0 Å². The first-order chi connectivity index (χ1) is 16.0. The van der Waals surface area contributed by atoms with Gasteiger partial charge in [0.15, 0.2) is 23.0 Å². The van der Waals surface area contributed by atoms with Crippen LogP contribution in [0.4, 0.5) is 11.4 Å². The lowest BCUT2D eigenvalue weighted by Crippen LogP contribution is -1.98. The molecule has 0 amide bonds. The summed E-state index contributed by atoms with van der Waals surface area (Å²) in [5.74, 6) is 2.95. The number of nitrogens with one attached hydrogen (secondary N) is 1. The number of anilines is 2. The van der Waals surface area contributed by atoms with Gasteiger partial charge in [-0.2, -0.15) is 0 Å². The van der Waals surface area contributed by atoms with Crippen LogP contribution in [0.1, 0.15) is 11.1 Å². The second kappa shape index (κ2) is 11.3. The van der Waals surface area contributed by atoms with Crippen LogP contribution in [0.15, 0.2) is 53.4 Å². The standard InChI is InChI=1S/C25H28N2O5S/c1-28-20-13-8-17(7-6-16-14-21(29-2)24(31-4)22(15-16)30-3)23(25(20)32-5)27-33-19-11-9-18(26)10-12-19/h6-15,27H,26H2,1-5H3/b7-6-. The molecule has 7 nitrogen and oxygen atoms in total. The highest BCUT2D eigenvalue weighted by atomic mass is 32.2. The first-order valence-electron chi connectivity index (χ1n) is 10.1. The Kier molecular flexibility index (Phi) is 8.21. The zero-order valence-electron chi connectivity index (χ0n) is 19.3. The number of nitrogen functional groups attached to an aromatic ring is 1. The maximum absolute atomic E-state index is 5.79. The first kappa shape index (κ1) is 24.0. The fourth-order valence-electron chi connectivity index (χ4n) is 3.22. The fraction of sp³-hybridized carbons (Fsp3) is 0.200. The summed E-state index contributed by atoms with van der Waals surface area (Å²) in [4.78, 5) is 1.01. The largest absolute Gasteiger partial charge is 0.493 e. The average Bonchev–Trinajstić information content (AvgIpc) is 2.85. The van der Waals surface area contributed by atoms with Crippen molar-refractivity contribution in [1.82, 2.24) is 0 Å². The van der Waals surface area contributed by atoms with Crippen LogP contribution in [-0.2, 0) is 0 Å². The van der Waals surface area contributed by atoms with E-state index < -0.39 is 0 Å². The highest BCUT2D eigenvalue weighted by molar-refractivity contribution is 8.00. The van der Waals surface area contributed by atoms with E-state index >= 15 is 0 Å². The number of ether oxygens (including phenoxy) is 5. The van der Waals surface area contributed by atoms with Crippen LogP contribution < -0.4 is 34.1 Å². The Morgan fingerprint density at radius 3 is 1.85 bits per heavy atom. The van der Waals surface area contributed by atoms with E-state index in [4.69, 9.17) is 29.4 Å². The van der Waals surface area contributed by atoms with E-state index in [1.807, 2.05) is 60.7 Å². The van der Waals surface area contributed by atoms with Crippen molar-refractivity contribution in [2.45, 2.75) is 4.90 Å². The molecule has 0 bridgehead atoms. The van der Waals surface area contributed by atoms with E-state index in [1.54, 1.807) is 35.5 Å². The number of benzene rings is 3. The Balaban J connectivity index is 1.98. The smallest absolute Gasteiger partial charge is 0.203 e. The normalized spacial score (nSPS) is 10.7. The lowest BCUT2D eigenvalue weighted by Gasteiger charge is -2.17. The van der Waals surface area contributed by atoms with Crippen LogP contribution in [0, 0.1) is 0 Å². The van der Waals surface area contributed by atoms with Gasteiger partial charge in [0, 0.05) is 16.1 Å². The van der Waals surface area contributed by atoms with Crippen molar-refractivity contribution < 1.29 is 23.7 Å². The summed E-state index contributed by atoms with van der Waals surface area (Å²) in [5, 5.41) is 0. The quantitative estimate of drug-likeness (QED) is 0.226. The second-order valence-electron chi connectivity index (χ2n) is 6.83. The van der Waals surface area contributed by atoms with Crippen LogP contribution >= 0.6 is 11.9 Å². The predicted octanol–water partition coefficient (Wildman–Crippen LogP) is 5.60. The molecule has 3 N–H and O–H groups in total. The molecular formula is C25H28N2O5S. The molecular weight excluding hydrogens is 440 g/mol. The second-order valence-corrected chi connectivity index (χ2v) is 7.71. The van der Waals surface area contributed by atoms with Crippen molar-refractivity contribution >= 4 is 35.5 Å². The molecule has 0 heterocycles. The van der Waals surface area contributed by atoms with Gasteiger partial charge >= 0.3 is 0 Å². The minimum atomic E-state index is 0.547. The molecule has 0 saturated carbocycles. The van der Waals surface area contributed by atoms with E-state index in [1.165, 1.54) is 11.9 Å². The Labute approximate surface area is 198 Å². The Hall–Kier alpha value is -3.65. The monoisotopic (exact) mass is 468 g/mol. The first-order valence-corrected chi connectivity index (χ1v) is 10.9. The van der Waals surface area contributed by atoms with Gasteiger partial charge in [-0.1, -0.05) is 12.2 Å². The lowest BCUT2D eigenvalue weighted by atomic mass is 10.1. The fourth-order valence-corrected chi connectivity index (χ4v) is 3.92. The summed E-state index contributed by atoms with van der Waals surface area (Å²) < 4.78 is 30.9. The number of hydrogen-bond donors (Lipinski definition) is 2. The maximum Gasteiger partial charge on any atom is 0.203 e. The molecule has 0 saturated heterocycles. The highest BCUT2D eigenvalue weighted by Crippen LogP contribution is 2.42. The zero-order chi connectivity index (χ0) is 23.8. The lowest BCUT2D eigenvalue weighted by molar-refractivity contribution is 0.324. The van der Waals surface area contributed by atoms with Gasteiger partial charge in [-0.25, -0.2) is 0 Å². The van der Waals surface area contributed by atoms with E-state index in [-0.39, 0.29) is 0 Å². The number of methoxy groups -OCH3 is 5. The average molecular weight is 469 g/mol. The van der Waals surface area contributed by atoms with Crippen molar-refractivity contribution in [2.24, 2.45) is 0 Å². The van der Waals surface area contributed by atoms with Crippen LogP contribution in [0.25, 0.3) is 12.2 Å². The minimum Gasteiger partial charge on any atom is -0.493 e. The molecule has 0 spiro atoms. The van der Waals surface area contributed by atoms with Crippen LogP contribution in [0.5, 0.6) is 28.7 Å². The van der Waals surface area contributed by atoms with E-state index in [2.05, 4.69) is 4.72 Å². The molecule has 0 aromatic heterocycles. The van der Waals surface area contributed by atoms with Crippen LogP contribution in [-0.4, -0.2) is 35.5 Å². The van der Waals surface area contributed by atoms with Crippen molar-refractivity contribution in [3.63, 3.8) is 0 Å². The van der Waals surface area contributed by atoms with Crippen LogP contribution in [0.2, 0.25) is 0 Å². The Morgan fingerprint density at radius 2 is 1.30 bits per heavy atom. The number of rotatable bonds is 10. The predicted molar refractivity (Wildman–Crippen MR) is 135 cm³/mol. The molecule has 174 valence electrons. The molecule has 0 aliphatic carbocycles. The molecule has 8 heteroatoms. The van der Waals surface area contributed by atoms with Crippen molar-refractivity contribution in [3.05, 3.63) is 59.7 Å². The Morgan fingerprint density at radius 1 is 0.697 bits per heavy atom.